The highest BCUT2D eigenvalue weighted by Crippen LogP contribution is 2.14. The van der Waals surface area contributed by atoms with E-state index in [2.05, 4.69) is 9.97 Å². The highest BCUT2D eigenvalue weighted by Gasteiger charge is 1.98. The minimum Gasteiger partial charge on any atom is -0.369 e. The number of carbonyl (C=O) groups is 1. The smallest absolute Gasteiger partial charge is 0.227 e. The number of nitrogens with two attached hydrogens (primary N) is 2. The molecule has 0 aliphatic heterocycles. The van der Waals surface area contributed by atoms with Crippen LogP contribution in [-0.4, -0.2) is 21.6 Å². The molecular weight excluding hydrogens is 176 g/mol. The summed E-state index contributed by atoms with van der Waals surface area (Å²) in [5.74, 6) is 0.0862. The van der Waals surface area contributed by atoms with Gasteiger partial charge in [0.1, 0.15) is 0 Å². The van der Waals surface area contributed by atoms with Crippen molar-refractivity contribution < 1.29 is 4.79 Å². The van der Waals surface area contributed by atoms with Gasteiger partial charge in [0.25, 0.3) is 0 Å². The highest BCUT2D eigenvalue weighted by atomic mass is 32.2. The second kappa shape index (κ2) is 3.91. The lowest BCUT2D eigenvalue weighted by Crippen LogP contribution is -2.12. The van der Waals surface area contributed by atoms with Crippen molar-refractivity contribution in [2.24, 2.45) is 5.73 Å². The van der Waals surface area contributed by atoms with Crippen LogP contribution in [0.2, 0.25) is 0 Å². The lowest BCUT2D eigenvalue weighted by Gasteiger charge is -1.96. The van der Waals surface area contributed by atoms with Crippen molar-refractivity contribution in [1.29, 1.82) is 0 Å². The highest BCUT2D eigenvalue weighted by molar-refractivity contribution is 8.00. The van der Waals surface area contributed by atoms with E-state index in [0.29, 0.717) is 0 Å². The number of carbonyl (C=O) groups excluding carboxylic acids is 1. The van der Waals surface area contributed by atoms with Gasteiger partial charge >= 0.3 is 0 Å². The number of nitrogen functional groups attached to an aromatic ring is 1. The van der Waals surface area contributed by atoms with Crippen molar-refractivity contribution in [1.82, 2.24) is 9.97 Å². The van der Waals surface area contributed by atoms with Crippen LogP contribution in [0.25, 0.3) is 0 Å². The fourth-order valence-corrected chi connectivity index (χ4v) is 1.12. The molecule has 0 fully saturated rings. The molecule has 64 valence electrons. The number of nitrogens with zero attached hydrogens (tertiary/aromatic N) is 2. The fourth-order valence-electron chi connectivity index (χ4n) is 0.555. The zero-order chi connectivity index (χ0) is 8.97. The van der Waals surface area contributed by atoms with Crippen LogP contribution >= 0.6 is 11.8 Å². The van der Waals surface area contributed by atoms with Gasteiger partial charge in [-0.2, -0.15) is 0 Å². The van der Waals surface area contributed by atoms with E-state index in [-0.39, 0.29) is 17.6 Å². The SMILES string of the molecule is NC(=O)CSc1cnc(N)nc1. The summed E-state index contributed by atoms with van der Waals surface area (Å²) in [6, 6.07) is 0. The van der Waals surface area contributed by atoms with Crippen LogP contribution in [-0.2, 0) is 4.79 Å². The summed E-state index contributed by atoms with van der Waals surface area (Å²) in [5, 5.41) is 0. The lowest BCUT2D eigenvalue weighted by molar-refractivity contribution is -0.115. The molecule has 0 aromatic carbocycles. The number of rotatable bonds is 3. The van der Waals surface area contributed by atoms with Gasteiger partial charge in [-0.05, 0) is 0 Å². The predicted octanol–water partition coefficient (Wildman–Crippen LogP) is -0.364. The zero-order valence-corrected chi connectivity index (χ0v) is 7.04. The fraction of sp³-hybridized carbons (Fsp3) is 0.167. The van der Waals surface area contributed by atoms with Crippen LogP contribution in [0.5, 0.6) is 0 Å². The zero-order valence-electron chi connectivity index (χ0n) is 6.23. The number of primary amides is 1. The molecule has 12 heavy (non-hydrogen) atoms. The Morgan fingerprint density at radius 1 is 1.50 bits per heavy atom. The van der Waals surface area contributed by atoms with Gasteiger partial charge in [0, 0.05) is 17.3 Å². The minimum absolute atomic E-state index is 0.221. The second-order valence-corrected chi connectivity index (χ2v) is 3.08. The molecule has 1 aromatic rings. The first-order valence-electron chi connectivity index (χ1n) is 3.17. The van der Waals surface area contributed by atoms with Crippen molar-refractivity contribution in [3.05, 3.63) is 12.4 Å². The van der Waals surface area contributed by atoms with E-state index < -0.39 is 0 Å². The Hall–Kier alpha value is -1.30. The second-order valence-electron chi connectivity index (χ2n) is 2.03. The lowest BCUT2D eigenvalue weighted by atomic mass is 10.7. The van der Waals surface area contributed by atoms with Gasteiger partial charge in [0.2, 0.25) is 11.9 Å². The number of thioether (sulfide) groups is 1. The summed E-state index contributed by atoms with van der Waals surface area (Å²) in [7, 11) is 0. The maximum Gasteiger partial charge on any atom is 0.227 e. The Balaban J connectivity index is 2.53. The number of amides is 1. The van der Waals surface area contributed by atoms with Crippen LogP contribution < -0.4 is 11.5 Å². The molecule has 0 saturated carbocycles. The molecule has 5 nitrogen and oxygen atoms in total. The third kappa shape index (κ3) is 2.75. The molecule has 0 spiro atoms. The third-order valence-corrected chi connectivity index (χ3v) is 2.00. The molecule has 0 bridgehead atoms. The maximum atomic E-state index is 10.4. The van der Waals surface area contributed by atoms with E-state index >= 15 is 0 Å². The minimum atomic E-state index is -0.364. The molecule has 4 N–H and O–H groups in total. The first kappa shape index (κ1) is 8.79. The Kier molecular flexibility index (Phi) is 2.87. The number of hydrogen-bond donors (Lipinski definition) is 2. The van der Waals surface area contributed by atoms with E-state index in [1.807, 2.05) is 0 Å². The van der Waals surface area contributed by atoms with Gasteiger partial charge in [0.05, 0.1) is 5.75 Å². The van der Waals surface area contributed by atoms with Crippen LogP contribution in [0.1, 0.15) is 0 Å². The largest absolute Gasteiger partial charge is 0.369 e. The quantitative estimate of drug-likeness (QED) is 0.625. The average molecular weight is 184 g/mol. The van der Waals surface area contributed by atoms with Crippen LogP contribution in [0.4, 0.5) is 5.95 Å². The van der Waals surface area contributed by atoms with Gasteiger partial charge in [-0.1, -0.05) is 0 Å². The van der Waals surface area contributed by atoms with Crippen molar-refractivity contribution >= 4 is 23.6 Å². The van der Waals surface area contributed by atoms with Crippen molar-refractivity contribution in [2.45, 2.75) is 4.90 Å². The predicted molar refractivity (Wildman–Crippen MR) is 46.4 cm³/mol. The maximum absolute atomic E-state index is 10.4. The average Bonchev–Trinajstić information content (AvgIpc) is 2.03. The van der Waals surface area contributed by atoms with Crippen molar-refractivity contribution in [3.63, 3.8) is 0 Å². The molecule has 1 amide bonds. The van der Waals surface area contributed by atoms with E-state index in [9.17, 15) is 4.79 Å². The summed E-state index contributed by atoms with van der Waals surface area (Å²) in [4.78, 5) is 18.7. The third-order valence-electron chi connectivity index (χ3n) is 1.03. The summed E-state index contributed by atoms with van der Waals surface area (Å²) in [6.45, 7) is 0. The molecule has 1 rings (SSSR count). The van der Waals surface area contributed by atoms with Crippen LogP contribution in [0.15, 0.2) is 17.3 Å². The summed E-state index contributed by atoms with van der Waals surface area (Å²) < 4.78 is 0. The van der Waals surface area contributed by atoms with E-state index in [1.54, 1.807) is 12.4 Å². The molecule has 1 heterocycles. The molecular formula is C6H8N4OS. The molecule has 0 atom stereocenters. The first-order valence-corrected chi connectivity index (χ1v) is 4.15. The summed E-state index contributed by atoms with van der Waals surface area (Å²) >= 11 is 1.28. The Morgan fingerprint density at radius 3 is 2.58 bits per heavy atom. The molecule has 0 aliphatic rings. The first-order chi connectivity index (χ1) is 5.68. The van der Waals surface area contributed by atoms with Gasteiger partial charge in [-0.15, -0.1) is 11.8 Å². The normalized spacial score (nSPS) is 9.67. The molecule has 0 saturated heterocycles. The van der Waals surface area contributed by atoms with Gasteiger partial charge in [-0.25, -0.2) is 9.97 Å². The number of aromatic nitrogens is 2. The Bertz CT molecular complexity index is 273. The Morgan fingerprint density at radius 2 is 2.08 bits per heavy atom. The van der Waals surface area contributed by atoms with Gasteiger partial charge in [-0.3, -0.25) is 4.79 Å². The summed E-state index contributed by atoms with van der Waals surface area (Å²) in [5.41, 5.74) is 10.2. The molecule has 1 aromatic heterocycles. The molecule has 0 radical (unpaired) electrons. The van der Waals surface area contributed by atoms with E-state index in [4.69, 9.17) is 11.5 Å². The standard InChI is InChI=1S/C6H8N4OS/c7-5(11)3-12-4-1-9-6(8)10-2-4/h1-2H,3H2,(H2,7,11)(H2,8,9,10). The number of hydrogen-bond acceptors (Lipinski definition) is 5. The van der Waals surface area contributed by atoms with E-state index in [1.165, 1.54) is 11.8 Å². The Labute approximate surface area is 73.6 Å². The monoisotopic (exact) mass is 184 g/mol. The molecule has 6 heteroatoms. The van der Waals surface area contributed by atoms with Crippen LogP contribution in [0.3, 0.4) is 0 Å². The van der Waals surface area contributed by atoms with Crippen molar-refractivity contribution in [2.75, 3.05) is 11.5 Å². The number of anilines is 1. The summed E-state index contributed by atoms with van der Waals surface area (Å²) in [6.07, 6.45) is 3.10. The van der Waals surface area contributed by atoms with Gasteiger partial charge in [0.15, 0.2) is 0 Å². The molecule has 0 aliphatic carbocycles. The van der Waals surface area contributed by atoms with Gasteiger partial charge < -0.3 is 11.5 Å². The topological polar surface area (TPSA) is 94.9 Å². The van der Waals surface area contributed by atoms with Crippen LogP contribution in [0, 0.1) is 0 Å². The molecule has 0 unspecified atom stereocenters. The van der Waals surface area contributed by atoms with E-state index in [0.717, 1.165) is 4.90 Å². The van der Waals surface area contributed by atoms with Crippen molar-refractivity contribution in [3.8, 4) is 0 Å².